The van der Waals surface area contributed by atoms with Gasteiger partial charge in [0.2, 0.25) is 0 Å². The fourth-order valence-electron chi connectivity index (χ4n) is 4.49. The second-order valence-corrected chi connectivity index (χ2v) is 10.6. The summed E-state index contributed by atoms with van der Waals surface area (Å²) in [6, 6.07) is 0. The van der Waals surface area contributed by atoms with E-state index in [4.69, 9.17) is 9.84 Å². The molecule has 1 N–H and O–H groups in total. The minimum Gasteiger partial charge on any atom is -0.481 e. The van der Waals surface area contributed by atoms with Gasteiger partial charge in [-0.2, -0.15) is 0 Å². The fraction of sp³-hybridized carbons (Fsp3) is 0.765. The number of carboxylic acid groups (broad SMARTS) is 1. The molecule has 0 amide bonds. The molecule has 0 spiro atoms. The number of esters is 1. The molecule has 0 aromatic rings. The Morgan fingerprint density at radius 3 is 1.66 bits per heavy atom. The van der Waals surface area contributed by atoms with E-state index in [1.54, 1.807) is 0 Å². The van der Waals surface area contributed by atoms with Gasteiger partial charge in [0.25, 0.3) is 0 Å². The first-order valence-corrected chi connectivity index (χ1v) is 16.0. The van der Waals surface area contributed by atoms with E-state index in [1.807, 2.05) is 12.2 Å². The molecule has 0 aliphatic rings. The van der Waals surface area contributed by atoms with Crippen molar-refractivity contribution in [3.8, 4) is 0 Å². The van der Waals surface area contributed by atoms with Gasteiger partial charge >= 0.3 is 11.9 Å². The van der Waals surface area contributed by atoms with Crippen molar-refractivity contribution in [2.24, 2.45) is 0 Å². The molecule has 4 heteroatoms. The van der Waals surface area contributed by atoms with Gasteiger partial charge in [0.15, 0.2) is 0 Å². The number of allylic oxidation sites excluding steroid dienone is 4. The van der Waals surface area contributed by atoms with Crippen LogP contribution in [0.2, 0.25) is 0 Å². The van der Waals surface area contributed by atoms with E-state index in [-0.39, 0.29) is 18.5 Å². The van der Waals surface area contributed by atoms with Gasteiger partial charge in [-0.25, -0.2) is 0 Å². The summed E-state index contributed by atoms with van der Waals surface area (Å²) in [6.07, 6.45) is 37.7. The largest absolute Gasteiger partial charge is 0.481 e. The summed E-state index contributed by atoms with van der Waals surface area (Å²) in [6.45, 7) is 4.39. The Hall–Kier alpha value is -1.84. The van der Waals surface area contributed by atoms with E-state index in [9.17, 15) is 9.59 Å². The minimum atomic E-state index is -0.708. The molecule has 38 heavy (non-hydrogen) atoms. The Labute approximate surface area is 235 Å². The molecule has 0 aromatic carbocycles. The molecular weight excluding hydrogens is 472 g/mol. The minimum absolute atomic E-state index is 0.102. The number of aliphatic carboxylic acids is 1. The quantitative estimate of drug-likeness (QED) is 0.0618. The molecule has 220 valence electrons. The van der Waals surface area contributed by atoms with Gasteiger partial charge in [0, 0.05) is 12.8 Å². The van der Waals surface area contributed by atoms with Crippen molar-refractivity contribution in [1.29, 1.82) is 0 Å². The van der Waals surface area contributed by atoms with Crippen LogP contribution in [0.4, 0.5) is 0 Å². The van der Waals surface area contributed by atoms with Crippen LogP contribution in [0.5, 0.6) is 0 Å². The number of ether oxygens (including phenoxy) is 1. The Bertz CT molecular complexity index is 620. The third kappa shape index (κ3) is 28.7. The molecule has 1 atom stereocenters. The smallest absolute Gasteiger partial charge is 0.306 e. The van der Waals surface area contributed by atoms with E-state index in [2.05, 4.69) is 38.2 Å². The summed E-state index contributed by atoms with van der Waals surface area (Å²) in [5, 5.41) is 8.69. The van der Waals surface area contributed by atoms with Crippen LogP contribution in [0.3, 0.4) is 0 Å². The topological polar surface area (TPSA) is 63.6 Å². The number of rotatable bonds is 28. The summed E-state index contributed by atoms with van der Waals surface area (Å²) in [5.74, 6) is -0.809. The van der Waals surface area contributed by atoms with Crippen LogP contribution >= 0.6 is 0 Å². The molecule has 0 aliphatic heterocycles. The van der Waals surface area contributed by atoms with E-state index >= 15 is 0 Å². The Morgan fingerprint density at radius 2 is 1.11 bits per heavy atom. The van der Waals surface area contributed by atoms with Gasteiger partial charge in [0.1, 0.15) is 6.10 Å². The molecule has 0 heterocycles. The zero-order valence-electron chi connectivity index (χ0n) is 25.0. The monoisotopic (exact) mass is 532 g/mol. The molecule has 0 bridgehead atoms. The molecule has 0 saturated carbocycles. The Kier molecular flexibility index (Phi) is 28.3. The highest BCUT2D eigenvalue weighted by atomic mass is 16.5. The maximum absolute atomic E-state index is 12.4. The number of carbonyl (C=O) groups is 2. The molecule has 0 rings (SSSR count). The Balaban J connectivity index is 4.05. The molecule has 0 aliphatic carbocycles. The molecule has 4 nitrogen and oxygen atoms in total. The second-order valence-electron chi connectivity index (χ2n) is 10.6. The third-order valence-corrected chi connectivity index (χ3v) is 6.84. The third-order valence-electron chi connectivity index (χ3n) is 6.84. The average Bonchev–Trinajstić information content (AvgIpc) is 2.89. The van der Waals surface area contributed by atoms with Gasteiger partial charge in [-0.15, -0.1) is 0 Å². The average molecular weight is 533 g/mol. The number of carboxylic acids is 1. The van der Waals surface area contributed by atoms with Crippen LogP contribution in [-0.4, -0.2) is 23.1 Å². The lowest BCUT2D eigenvalue weighted by Crippen LogP contribution is -2.13. The lowest BCUT2D eigenvalue weighted by molar-refractivity contribution is -0.145. The van der Waals surface area contributed by atoms with Crippen molar-refractivity contribution in [3.63, 3.8) is 0 Å². The lowest BCUT2D eigenvalue weighted by Gasteiger charge is -2.11. The number of unbranched alkanes of at least 4 members (excludes halogenated alkanes) is 17. The van der Waals surface area contributed by atoms with Gasteiger partial charge in [-0.05, 0) is 50.7 Å². The number of carbonyl (C=O) groups excluding carboxylic acids is 1. The predicted octanol–water partition coefficient (Wildman–Crippen LogP) is 10.7. The molecule has 0 radical (unpaired) electrons. The molecule has 0 unspecified atom stereocenters. The first kappa shape index (κ1) is 36.2. The van der Waals surface area contributed by atoms with Gasteiger partial charge in [0.05, 0.1) is 0 Å². The summed E-state index contributed by atoms with van der Waals surface area (Å²) >= 11 is 0. The standard InChI is InChI=1S/C34H60O4/c1-3-5-7-9-10-11-12-13-14-15-19-23-27-31-34(37)38-32(28-24-20-8-6-4-2)29-25-21-17-16-18-22-26-30-33(35)36/h6,8,24-25,28-29,32H,3-5,7,9-23,26-27,30-31H2,1-2H3,(H,35,36)/t32-/m0/s1. The Morgan fingerprint density at radius 1 is 0.605 bits per heavy atom. The van der Waals surface area contributed by atoms with Gasteiger partial charge in [-0.1, -0.05) is 134 Å². The summed E-state index contributed by atoms with van der Waals surface area (Å²) in [4.78, 5) is 23.0. The first-order valence-electron chi connectivity index (χ1n) is 16.0. The lowest BCUT2D eigenvalue weighted by atomic mass is 10.0. The molecule has 0 fully saturated rings. The SMILES string of the molecule is CCC=CCC=C[C@@H](C=CCCCCCCCC(=O)O)OC(=O)CCCCCCCCCCCCCCC. The maximum Gasteiger partial charge on any atom is 0.306 e. The molecule has 0 saturated heterocycles. The highest BCUT2D eigenvalue weighted by Gasteiger charge is 2.08. The van der Waals surface area contributed by atoms with Crippen LogP contribution in [0.15, 0.2) is 36.5 Å². The zero-order valence-corrected chi connectivity index (χ0v) is 25.0. The number of hydrogen-bond donors (Lipinski definition) is 1. The summed E-state index contributed by atoms with van der Waals surface area (Å²) in [5.41, 5.74) is 0. The van der Waals surface area contributed by atoms with Crippen molar-refractivity contribution in [2.45, 2.75) is 168 Å². The van der Waals surface area contributed by atoms with E-state index < -0.39 is 5.97 Å². The van der Waals surface area contributed by atoms with E-state index in [0.29, 0.717) is 6.42 Å². The highest BCUT2D eigenvalue weighted by molar-refractivity contribution is 5.69. The van der Waals surface area contributed by atoms with Crippen molar-refractivity contribution < 1.29 is 19.4 Å². The van der Waals surface area contributed by atoms with Crippen LogP contribution < -0.4 is 0 Å². The van der Waals surface area contributed by atoms with Crippen molar-refractivity contribution >= 4 is 11.9 Å². The van der Waals surface area contributed by atoms with Crippen molar-refractivity contribution in [1.82, 2.24) is 0 Å². The highest BCUT2D eigenvalue weighted by Crippen LogP contribution is 2.14. The molecular formula is C34H60O4. The van der Waals surface area contributed by atoms with Gasteiger partial charge < -0.3 is 9.84 Å². The molecule has 0 aromatic heterocycles. The van der Waals surface area contributed by atoms with Gasteiger partial charge in [-0.3, -0.25) is 9.59 Å². The number of hydrogen-bond acceptors (Lipinski definition) is 3. The predicted molar refractivity (Wildman–Crippen MR) is 162 cm³/mol. The van der Waals surface area contributed by atoms with Crippen LogP contribution in [0.1, 0.15) is 162 Å². The van der Waals surface area contributed by atoms with E-state index in [1.165, 1.54) is 70.6 Å². The normalized spacial score (nSPS) is 12.7. The maximum atomic E-state index is 12.4. The van der Waals surface area contributed by atoms with Crippen molar-refractivity contribution in [2.75, 3.05) is 0 Å². The van der Waals surface area contributed by atoms with Crippen LogP contribution in [-0.2, 0) is 14.3 Å². The van der Waals surface area contributed by atoms with Crippen LogP contribution in [0, 0.1) is 0 Å². The first-order chi connectivity index (χ1) is 18.6. The summed E-state index contributed by atoms with van der Waals surface area (Å²) < 4.78 is 5.75. The van der Waals surface area contributed by atoms with Crippen molar-refractivity contribution in [3.05, 3.63) is 36.5 Å². The zero-order chi connectivity index (χ0) is 27.9. The fourth-order valence-corrected chi connectivity index (χ4v) is 4.49. The second kappa shape index (κ2) is 29.7. The van der Waals surface area contributed by atoms with E-state index in [0.717, 1.165) is 64.2 Å². The van der Waals surface area contributed by atoms with Crippen LogP contribution in [0.25, 0.3) is 0 Å². The summed E-state index contributed by atoms with van der Waals surface area (Å²) in [7, 11) is 0.